The van der Waals surface area contributed by atoms with Gasteiger partial charge in [-0.3, -0.25) is 9.59 Å². The lowest BCUT2D eigenvalue weighted by Gasteiger charge is -2.07. The van der Waals surface area contributed by atoms with Crippen LogP contribution in [0.1, 0.15) is 24.8 Å². The molecule has 0 atom stereocenters. The van der Waals surface area contributed by atoms with E-state index in [2.05, 4.69) is 25.7 Å². The van der Waals surface area contributed by atoms with Gasteiger partial charge in [-0.1, -0.05) is 12.1 Å². The molecule has 0 saturated heterocycles. The third-order valence-corrected chi connectivity index (χ3v) is 2.99. The largest absolute Gasteiger partial charge is 0.481 e. The van der Waals surface area contributed by atoms with E-state index in [9.17, 15) is 14.0 Å². The summed E-state index contributed by atoms with van der Waals surface area (Å²) in [6, 6.07) is 4.36. The molecule has 1 heterocycles. The smallest absolute Gasteiger partial charge is 0.303 e. The van der Waals surface area contributed by atoms with Gasteiger partial charge in [0.2, 0.25) is 11.7 Å². The molecule has 2 N–H and O–H groups in total. The highest BCUT2D eigenvalue weighted by atomic mass is 19.1. The first-order valence-corrected chi connectivity index (χ1v) is 6.84. The number of hydrogen-bond acceptors (Lipinski definition) is 6. The summed E-state index contributed by atoms with van der Waals surface area (Å²) >= 11 is 0. The molecule has 0 bridgehead atoms. The van der Waals surface area contributed by atoms with Crippen molar-refractivity contribution in [3.63, 3.8) is 0 Å². The lowest BCUT2D eigenvalue weighted by Crippen LogP contribution is -2.23. The van der Waals surface area contributed by atoms with E-state index in [4.69, 9.17) is 5.11 Å². The fourth-order valence-electron chi connectivity index (χ4n) is 1.83. The first kappa shape index (κ1) is 16.4. The van der Waals surface area contributed by atoms with E-state index >= 15 is 0 Å². The molecule has 2 rings (SSSR count). The molecule has 0 fully saturated rings. The molecule has 0 aliphatic carbocycles. The number of carbonyl (C=O) groups excluding carboxylic acids is 1. The van der Waals surface area contributed by atoms with Gasteiger partial charge in [-0.05, 0) is 12.5 Å². The van der Waals surface area contributed by atoms with Gasteiger partial charge in [0.05, 0.1) is 0 Å². The SMILES string of the molecule is O=C(O)CCCC(=O)NCc1ccc(-c2nncnn2)cc1F. The van der Waals surface area contributed by atoms with E-state index in [-0.39, 0.29) is 37.5 Å². The molecule has 23 heavy (non-hydrogen) atoms. The molecule has 8 nitrogen and oxygen atoms in total. The van der Waals surface area contributed by atoms with Crippen molar-refractivity contribution in [3.05, 3.63) is 35.9 Å². The third-order valence-electron chi connectivity index (χ3n) is 2.99. The predicted octanol–water partition coefficient (Wildman–Crippen LogP) is 0.944. The maximum Gasteiger partial charge on any atom is 0.303 e. The average Bonchev–Trinajstić information content (AvgIpc) is 2.54. The Balaban J connectivity index is 1.91. The zero-order valence-corrected chi connectivity index (χ0v) is 12.1. The van der Waals surface area contributed by atoms with Crippen molar-refractivity contribution >= 4 is 11.9 Å². The summed E-state index contributed by atoms with van der Waals surface area (Å²) in [5.41, 5.74) is 0.733. The zero-order valence-electron chi connectivity index (χ0n) is 12.1. The molecule has 1 aromatic carbocycles. The summed E-state index contributed by atoms with van der Waals surface area (Å²) in [4.78, 5) is 21.9. The molecule has 1 amide bonds. The van der Waals surface area contributed by atoms with Crippen LogP contribution < -0.4 is 5.32 Å². The maximum absolute atomic E-state index is 14.0. The van der Waals surface area contributed by atoms with Crippen LogP contribution in [-0.2, 0) is 16.1 Å². The second-order valence-electron chi connectivity index (χ2n) is 4.70. The van der Waals surface area contributed by atoms with Gasteiger partial charge in [0.25, 0.3) is 0 Å². The highest BCUT2D eigenvalue weighted by molar-refractivity contribution is 5.76. The minimum atomic E-state index is -0.952. The minimum absolute atomic E-state index is 0.0180. The third kappa shape index (κ3) is 5.06. The van der Waals surface area contributed by atoms with Crippen molar-refractivity contribution in [3.8, 4) is 11.4 Å². The van der Waals surface area contributed by atoms with Gasteiger partial charge in [-0.2, -0.15) is 0 Å². The molecule has 0 saturated carbocycles. The summed E-state index contributed by atoms with van der Waals surface area (Å²) in [5.74, 6) is -1.59. The Kier molecular flexibility index (Phi) is 5.61. The standard InChI is InChI=1S/C14H14FN5O3/c15-11-6-9(14-19-17-8-18-20-14)4-5-10(11)7-16-12(21)2-1-3-13(22)23/h4-6,8H,1-3,7H2,(H,16,21)(H,22,23). The molecule has 0 aliphatic heterocycles. The van der Waals surface area contributed by atoms with Crippen molar-refractivity contribution < 1.29 is 19.1 Å². The number of nitrogens with zero attached hydrogens (tertiary/aromatic N) is 4. The van der Waals surface area contributed by atoms with Crippen LogP contribution in [0.15, 0.2) is 24.5 Å². The van der Waals surface area contributed by atoms with Gasteiger partial charge in [0, 0.05) is 30.5 Å². The number of halogens is 1. The summed E-state index contributed by atoms with van der Waals surface area (Å²) < 4.78 is 14.0. The molecular weight excluding hydrogens is 305 g/mol. The van der Waals surface area contributed by atoms with Crippen LogP contribution in [0, 0.1) is 5.82 Å². The Morgan fingerprint density at radius 3 is 2.57 bits per heavy atom. The number of hydrogen-bond donors (Lipinski definition) is 2. The van der Waals surface area contributed by atoms with E-state index in [0.717, 1.165) is 0 Å². The molecule has 0 radical (unpaired) electrons. The Morgan fingerprint density at radius 1 is 1.17 bits per heavy atom. The van der Waals surface area contributed by atoms with Crippen LogP contribution in [-0.4, -0.2) is 37.4 Å². The number of amides is 1. The first-order chi connectivity index (χ1) is 11.1. The molecular formula is C14H14FN5O3. The second-order valence-corrected chi connectivity index (χ2v) is 4.70. The van der Waals surface area contributed by atoms with E-state index in [1.165, 1.54) is 18.5 Å². The number of rotatable bonds is 7. The van der Waals surface area contributed by atoms with Crippen molar-refractivity contribution in [1.29, 1.82) is 0 Å². The molecule has 0 unspecified atom stereocenters. The fraction of sp³-hybridized carbons (Fsp3) is 0.286. The topological polar surface area (TPSA) is 118 Å². The molecule has 0 aliphatic rings. The second kappa shape index (κ2) is 7.87. The molecule has 120 valence electrons. The lowest BCUT2D eigenvalue weighted by atomic mass is 10.1. The van der Waals surface area contributed by atoms with Crippen LogP contribution in [0.3, 0.4) is 0 Å². The number of nitrogens with one attached hydrogen (secondary N) is 1. The van der Waals surface area contributed by atoms with Crippen molar-refractivity contribution in [2.75, 3.05) is 0 Å². The number of carboxylic acid groups (broad SMARTS) is 1. The van der Waals surface area contributed by atoms with Gasteiger partial charge >= 0.3 is 5.97 Å². The number of carboxylic acids is 1. The van der Waals surface area contributed by atoms with Crippen molar-refractivity contribution in [1.82, 2.24) is 25.7 Å². The Labute approximate surface area is 130 Å². The van der Waals surface area contributed by atoms with E-state index in [1.54, 1.807) is 6.07 Å². The number of aromatic nitrogens is 4. The highest BCUT2D eigenvalue weighted by Gasteiger charge is 2.09. The van der Waals surface area contributed by atoms with Crippen LogP contribution in [0.4, 0.5) is 4.39 Å². The summed E-state index contributed by atoms with van der Waals surface area (Å²) in [6.45, 7) is 0.0180. The van der Waals surface area contributed by atoms with Crippen LogP contribution in [0.5, 0.6) is 0 Å². The summed E-state index contributed by atoms with van der Waals surface area (Å²) in [7, 11) is 0. The summed E-state index contributed by atoms with van der Waals surface area (Å²) in [6.07, 6.45) is 1.43. The van der Waals surface area contributed by atoms with Crippen LogP contribution in [0.2, 0.25) is 0 Å². The van der Waals surface area contributed by atoms with Crippen molar-refractivity contribution in [2.45, 2.75) is 25.8 Å². The number of carbonyl (C=O) groups is 2. The highest BCUT2D eigenvalue weighted by Crippen LogP contribution is 2.17. The molecule has 0 spiro atoms. The number of benzene rings is 1. The number of aliphatic carboxylic acids is 1. The minimum Gasteiger partial charge on any atom is -0.481 e. The zero-order chi connectivity index (χ0) is 16.7. The van der Waals surface area contributed by atoms with Gasteiger partial charge in [0.15, 0.2) is 6.33 Å². The molecule has 2 aromatic rings. The van der Waals surface area contributed by atoms with Crippen LogP contribution >= 0.6 is 0 Å². The Hall–Kier alpha value is -2.97. The quantitative estimate of drug-likeness (QED) is 0.779. The lowest BCUT2D eigenvalue weighted by molar-refractivity contribution is -0.137. The maximum atomic E-state index is 14.0. The Morgan fingerprint density at radius 2 is 1.91 bits per heavy atom. The summed E-state index contributed by atoms with van der Waals surface area (Å²) in [5, 5.41) is 25.6. The van der Waals surface area contributed by atoms with Gasteiger partial charge < -0.3 is 10.4 Å². The van der Waals surface area contributed by atoms with Crippen LogP contribution in [0.25, 0.3) is 11.4 Å². The van der Waals surface area contributed by atoms with Gasteiger partial charge in [-0.25, -0.2) is 4.39 Å². The first-order valence-electron chi connectivity index (χ1n) is 6.84. The normalized spacial score (nSPS) is 10.3. The Bertz CT molecular complexity index is 696. The average molecular weight is 319 g/mol. The van der Waals surface area contributed by atoms with E-state index < -0.39 is 11.8 Å². The van der Waals surface area contributed by atoms with Gasteiger partial charge in [0.1, 0.15) is 5.82 Å². The molecule has 9 heteroatoms. The van der Waals surface area contributed by atoms with Gasteiger partial charge in [-0.15, -0.1) is 20.4 Å². The molecule has 1 aromatic heterocycles. The van der Waals surface area contributed by atoms with Crippen molar-refractivity contribution in [2.24, 2.45) is 0 Å². The fourth-order valence-corrected chi connectivity index (χ4v) is 1.83. The predicted molar refractivity (Wildman–Crippen MR) is 76.3 cm³/mol. The van der Waals surface area contributed by atoms with E-state index in [1.807, 2.05) is 0 Å². The monoisotopic (exact) mass is 319 g/mol. The van der Waals surface area contributed by atoms with E-state index in [0.29, 0.717) is 11.1 Å².